The molecule has 2 N–H and O–H groups in total. The predicted octanol–water partition coefficient (Wildman–Crippen LogP) is 2.37. The summed E-state index contributed by atoms with van der Waals surface area (Å²) < 4.78 is 5.35. The molecule has 0 atom stereocenters. The van der Waals surface area contributed by atoms with E-state index in [-0.39, 0.29) is 0 Å². The topological polar surface area (TPSA) is 33.3 Å². The van der Waals surface area contributed by atoms with Gasteiger partial charge in [0.15, 0.2) is 0 Å². The molecule has 0 aliphatic heterocycles. The van der Waals surface area contributed by atoms with Crippen LogP contribution in [0.5, 0.6) is 5.75 Å². The highest BCUT2D eigenvalue weighted by Gasteiger charge is 2.01. The lowest BCUT2D eigenvalue weighted by Crippen LogP contribution is -2.17. The summed E-state index contributed by atoms with van der Waals surface area (Å²) in [6.45, 7) is 4.37. The zero-order valence-corrected chi connectivity index (χ0v) is 9.90. The molecular formula is C11H17ClN2O. The maximum atomic E-state index is 6.04. The molecular weight excluding hydrogens is 212 g/mol. The SMILES string of the molecule is CCOc1ccc(NCCNC)cc1Cl. The first kappa shape index (κ1) is 12.1. The van der Waals surface area contributed by atoms with Gasteiger partial charge in [-0.25, -0.2) is 0 Å². The van der Waals surface area contributed by atoms with Crippen LogP contribution in [0.3, 0.4) is 0 Å². The summed E-state index contributed by atoms with van der Waals surface area (Å²) >= 11 is 6.04. The van der Waals surface area contributed by atoms with Gasteiger partial charge < -0.3 is 15.4 Å². The molecule has 0 spiro atoms. The fraction of sp³-hybridized carbons (Fsp3) is 0.455. The molecule has 84 valence electrons. The Morgan fingerprint density at radius 3 is 2.73 bits per heavy atom. The van der Waals surface area contributed by atoms with Crippen molar-refractivity contribution in [1.29, 1.82) is 0 Å². The maximum Gasteiger partial charge on any atom is 0.138 e. The van der Waals surface area contributed by atoms with Gasteiger partial charge in [-0.05, 0) is 32.2 Å². The highest BCUT2D eigenvalue weighted by atomic mass is 35.5. The summed E-state index contributed by atoms with van der Waals surface area (Å²) in [5.74, 6) is 0.735. The minimum absolute atomic E-state index is 0.631. The number of ether oxygens (including phenoxy) is 1. The predicted molar refractivity (Wildman–Crippen MR) is 65.0 cm³/mol. The maximum absolute atomic E-state index is 6.04. The number of nitrogens with one attached hydrogen (secondary N) is 2. The second-order valence-corrected chi connectivity index (χ2v) is 3.52. The molecule has 0 amide bonds. The van der Waals surface area contributed by atoms with E-state index in [9.17, 15) is 0 Å². The summed E-state index contributed by atoms with van der Waals surface area (Å²) in [7, 11) is 1.92. The van der Waals surface area contributed by atoms with Gasteiger partial charge in [-0.1, -0.05) is 11.6 Å². The van der Waals surface area contributed by atoms with Crippen LogP contribution in [0.15, 0.2) is 18.2 Å². The zero-order chi connectivity index (χ0) is 11.1. The second-order valence-electron chi connectivity index (χ2n) is 3.11. The first-order valence-corrected chi connectivity index (χ1v) is 5.46. The standard InChI is InChI=1S/C11H17ClN2O/c1-3-15-11-5-4-9(8-10(11)12)14-7-6-13-2/h4-5,8,13-14H,3,6-7H2,1-2H3. The largest absolute Gasteiger partial charge is 0.492 e. The Labute approximate surface area is 95.8 Å². The van der Waals surface area contributed by atoms with Gasteiger partial charge in [0, 0.05) is 18.8 Å². The Morgan fingerprint density at radius 1 is 1.33 bits per heavy atom. The molecule has 1 aromatic rings. The summed E-state index contributed by atoms with van der Waals surface area (Å²) in [5, 5.41) is 6.96. The zero-order valence-electron chi connectivity index (χ0n) is 9.14. The molecule has 1 rings (SSSR count). The molecule has 0 aliphatic rings. The molecule has 0 aliphatic carbocycles. The Morgan fingerprint density at radius 2 is 2.13 bits per heavy atom. The Hall–Kier alpha value is -0.930. The minimum Gasteiger partial charge on any atom is -0.492 e. The van der Waals surface area contributed by atoms with Gasteiger partial charge in [0.25, 0.3) is 0 Å². The van der Waals surface area contributed by atoms with E-state index in [4.69, 9.17) is 16.3 Å². The molecule has 1 aromatic carbocycles. The van der Waals surface area contributed by atoms with Crippen molar-refractivity contribution in [2.45, 2.75) is 6.92 Å². The molecule has 0 fully saturated rings. The number of benzene rings is 1. The molecule has 4 heteroatoms. The lowest BCUT2D eigenvalue weighted by Gasteiger charge is -2.09. The molecule has 3 nitrogen and oxygen atoms in total. The number of halogens is 1. The number of likely N-dealkylation sites (N-methyl/N-ethyl adjacent to an activating group) is 1. The van der Waals surface area contributed by atoms with E-state index in [0.29, 0.717) is 11.6 Å². The van der Waals surface area contributed by atoms with Crippen molar-refractivity contribution in [3.8, 4) is 5.75 Å². The Kier molecular flexibility index (Phi) is 5.29. The van der Waals surface area contributed by atoms with Crippen molar-refractivity contribution in [2.24, 2.45) is 0 Å². The molecule has 0 saturated carbocycles. The van der Waals surface area contributed by atoms with Crippen LogP contribution in [0.1, 0.15) is 6.92 Å². The van der Waals surface area contributed by atoms with E-state index in [1.165, 1.54) is 0 Å². The fourth-order valence-corrected chi connectivity index (χ4v) is 1.45. The van der Waals surface area contributed by atoms with Gasteiger partial charge >= 0.3 is 0 Å². The number of rotatable bonds is 6. The summed E-state index contributed by atoms with van der Waals surface area (Å²) in [6.07, 6.45) is 0. The number of hydrogen-bond donors (Lipinski definition) is 2. The highest BCUT2D eigenvalue weighted by Crippen LogP contribution is 2.27. The van der Waals surface area contributed by atoms with Crippen LogP contribution in [0.4, 0.5) is 5.69 Å². The van der Waals surface area contributed by atoms with E-state index >= 15 is 0 Å². The van der Waals surface area contributed by atoms with Crippen LogP contribution in [-0.2, 0) is 0 Å². The minimum atomic E-state index is 0.631. The third-order valence-electron chi connectivity index (χ3n) is 1.94. The quantitative estimate of drug-likeness (QED) is 0.734. The van der Waals surface area contributed by atoms with Crippen LogP contribution >= 0.6 is 11.6 Å². The van der Waals surface area contributed by atoms with Gasteiger partial charge in [0.2, 0.25) is 0 Å². The first-order chi connectivity index (χ1) is 7.27. The van der Waals surface area contributed by atoms with Gasteiger partial charge in [0.1, 0.15) is 5.75 Å². The molecule has 0 unspecified atom stereocenters. The Balaban J connectivity index is 2.56. The smallest absolute Gasteiger partial charge is 0.138 e. The van der Waals surface area contributed by atoms with Gasteiger partial charge in [-0.3, -0.25) is 0 Å². The van der Waals surface area contributed by atoms with Crippen LogP contribution < -0.4 is 15.4 Å². The molecule has 0 bridgehead atoms. The van der Waals surface area contributed by atoms with Gasteiger partial charge in [-0.2, -0.15) is 0 Å². The first-order valence-electron chi connectivity index (χ1n) is 5.08. The van der Waals surface area contributed by atoms with E-state index in [0.717, 1.165) is 24.5 Å². The lowest BCUT2D eigenvalue weighted by atomic mass is 10.3. The average molecular weight is 229 g/mol. The van der Waals surface area contributed by atoms with E-state index < -0.39 is 0 Å². The second kappa shape index (κ2) is 6.53. The summed E-state index contributed by atoms with van der Waals surface area (Å²) in [5.41, 5.74) is 1.01. The highest BCUT2D eigenvalue weighted by molar-refractivity contribution is 6.32. The van der Waals surface area contributed by atoms with Gasteiger partial charge in [0.05, 0.1) is 11.6 Å². The van der Waals surface area contributed by atoms with Crippen molar-refractivity contribution >= 4 is 17.3 Å². The normalized spacial score (nSPS) is 10.1. The number of anilines is 1. The molecule has 0 heterocycles. The van der Waals surface area contributed by atoms with E-state index in [1.54, 1.807) is 0 Å². The molecule has 15 heavy (non-hydrogen) atoms. The molecule has 0 aromatic heterocycles. The Bertz CT molecular complexity index is 305. The third-order valence-corrected chi connectivity index (χ3v) is 2.23. The van der Waals surface area contributed by atoms with Crippen LogP contribution in [0.25, 0.3) is 0 Å². The van der Waals surface area contributed by atoms with Gasteiger partial charge in [-0.15, -0.1) is 0 Å². The average Bonchev–Trinajstić information content (AvgIpc) is 2.23. The van der Waals surface area contributed by atoms with Crippen molar-refractivity contribution in [2.75, 3.05) is 32.1 Å². The van der Waals surface area contributed by atoms with Crippen molar-refractivity contribution in [1.82, 2.24) is 5.32 Å². The summed E-state index contributed by atoms with van der Waals surface area (Å²) in [4.78, 5) is 0. The van der Waals surface area contributed by atoms with Crippen LogP contribution in [0.2, 0.25) is 5.02 Å². The van der Waals surface area contributed by atoms with Crippen molar-refractivity contribution in [3.63, 3.8) is 0 Å². The summed E-state index contributed by atoms with van der Waals surface area (Å²) in [6, 6.07) is 5.72. The fourth-order valence-electron chi connectivity index (χ4n) is 1.22. The van der Waals surface area contributed by atoms with E-state index in [2.05, 4.69) is 10.6 Å². The van der Waals surface area contributed by atoms with Crippen LogP contribution in [-0.4, -0.2) is 26.7 Å². The van der Waals surface area contributed by atoms with Crippen molar-refractivity contribution < 1.29 is 4.74 Å². The third kappa shape index (κ3) is 3.98. The lowest BCUT2D eigenvalue weighted by molar-refractivity contribution is 0.340. The number of hydrogen-bond acceptors (Lipinski definition) is 3. The van der Waals surface area contributed by atoms with Crippen LogP contribution in [0, 0.1) is 0 Å². The molecule has 0 saturated heterocycles. The monoisotopic (exact) mass is 228 g/mol. The van der Waals surface area contributed by atoms with E-state index in [1.807, 2.05) is 32.2 Å². The van der Waals surface area contributed by atoms with Crippen molar-refractivity contribution in [3.05, 3.63) is 23.2 Å². The molecule has 0 radical (unpaired) electrons.